The van der Waals surface area contributed by atoms with E-state index in [1.54, 1.807) is 7.05 Å². The molecule has 0 aromatic rings. The van der Waals surface area contributed by atoms with Crippen molar-refractivity contribution < 1.29 is 10.2 Å². The van der Waals surface area contributed by atoms with Crippen molar-refractivity contribution >= 4 is 0 Å². The molecule has 0 spiro atoms. The third-order valence-corrected chi connectivity index (χ3v) is 1.62. The molecule has 0 aliphatic heterocycles. The molecule has 3 N–H and O–H groups in total. The van der Waals surface area contributed by atoms with Crippen LogP contribution in [0.4, 0.5) is 0 Å². The maximum Gasteiger partial charge on any atom is 0.0715 e. The molecule has 0 heterocycles. The van der Waals surface area contributed by atoms with Crippen LogP contribution in [0.3, 0.4) is 0 Å². The quantitative estimate of drug-likeness (QED) is 0.501. The van der Waals surface area contributed by atoms with Crippen LogP contribution in [-0.2, 0) is 0 Å². The number of rotatable bonds is 5. The summed E-state index contributed by atoms with van der Waals surface area (Å²) in [7, 11) is 1.74. The predicted octanol–water partition coefficient (Wildman–Crippen LogP) is -0.272. The van der Waals surface area contributed by atoms with Crippen LogP contribution >= 0.6 is 0 Å². The molecule has 3 heteroatoms. The van der Waals surface area contributed by atoms with Gasteiger partial charge in [0.2, 0.25) is 0 Å². The van der Waals surface area contributed by atoms with E-state index in [0.29, 0.717) is 0 Å². The number of hydrogen-bond donors (Lipinski definition) is 3. The normalized spacial score (nSPS) is 16.8. The fraction of sp³-hybridized carbons (Fsp3) is 1.00. The zero-order valence-corrected chi connectivity index (χ0v) is 6.67. The SMILES string of the molecule is CCCC(O)C(CO)NC. The van der Waals surface area contributed by atoms with Crippen LogP contribution < -0.4 is 5.32 Å². The lowest BCUT2D eigenvalue weighted by Crippen LogP contribution is -2.40. The Balaban J connectivity index is 3.53. The number of hydrogen-bond acceptors (Lipinski definition) is 3. The first-order valence-corrected chi connectivity index (χ1v) is 3.72. The van der Waals surface area contributed by atoms with Crippen LogP contribution in [-0.4, -0.2) is 36.0 Å². The van der Waals surface area contributed by atoms with Gasteiger partial charge in [-0.15, -0.1) is 0 Å². The fourth-order valence-electron chi connectivity index (χ4n) is 0.902. The van der Waals surface area contributed by atoms with Crippen LogP contribution in [0.1, 0.15) is 19.8 Å². The Morgan fingerprint density at radius 3 is 2.40 bits per heavy atom. The van der Waals surface area contributed by atoms with Gasteiger partial charge in [-0.05, 0) is 13.5 Å². The zero-order chi connectivity index (χ0) is 7.98. The molecular formula is C7H17NO2. The molecule has 10 heavy (non-hydrogen) atoms. The highest BCUT2D eigenvalue weighted by Crippen LogP contribution is 2.00. The second kappa shape index (κ2) is 5.65. The summed E-state index contributed by atoms with van der Waals surface area (Å²) in [5, 5.41) is 20.8. The molecular weight excluding hydrogens is 130 g/mol. The van der Waals surface area contributed by atoms with E-state index in [2.05, 4.69) is 5.32 Å². The summed E-state index contributed by atoms with van der Waals surface area (Å²) in [5.41, 5.74) is 0. The highest BCUT2D eigenvalue weighted by molar-refractivity contribution is 4.72. The van der Waals surface area contributed by atoms with E-state index in [4.69, 9.17) is 5.11 Å². The molecule has 2 atom stereocenters. The molecule has 3 nitrogen and oxygen atoms in total. The summed E-state index contributed by atoms with van der Waals surface area (Å²) >= 11 is 0. The van der Waals surface area contributed by atoms with E-state index >= 15 is 0 Å². The summed E-state index contributed by atoms with van der Waals surface area (Å²) in [6.07, 6.45) is 1.27. The average Bonchev–Trinajstić information content (AvgIpc) is 1.91. The Bertz CT molecular complexity index is 74.0. The van der Waals surface area contributed by atoms with Crippen molar-refractivity contribution in [3.63, 3.8) is 0 Å². The van der Waals surface area contributed by atoms with Gasteiger partial charge >= 0.3 is 0 Å². The summed E-state index contributed by atoms with van der Waals surface area (Å²) in [5.74, 6) is 0. The van der Waals surface area contributed by atoms with E-state index in [1.807, 2.05) is 6.92 Å². The van der Waals surface area contributed by atoms with Gasteiger partial charge in [-0.2, -0.15) is 0 Å². The molecule has 0 aromatic heterocycles. The lowest BCUT2D eigenvalue weighted by Gasteiger charge is -2.19. The average molecular weight is 147 g/mol. The van der Waals surface area contributed by atoms with Crippen molar-refractivity contribution in [3.8, 4) is 0 Å². The largest absolute Gasteiger partial charge is 0.395 e. The van der Waals surface area contributed by atoms with Gasteiger partial charge in [0.25, 0.3) is 0 Å². The van der Waals surface area contributed by atoms with Gasteiger partial charge in [0.15, 0.2) is 0 Å². The van der Waals surface area contributed by atoms with Crippen LogP contribution in [0.25, 0.3) is 0 Å². The predicted molar refractivity (Wildman–Crippen MR) is 40.8 cm³/mol. The minimum absolute atomic E-state index is 0.00231. The first-order chi connectivity index (χ1) is 4.76. The first-order valence-electron chi connectivity index (χ1n) is 3.72. The number of aliphatic hydroxyl groups excluding tert-OH is 2. The van der Waals surface area contributed by atoms with Crippen LogP contribution in [0.5, 0.6) is 0 Å². The van der Waals surface area contributed by atoms with Gasteiger partial charge in [0, 0.05) is 0 Å². The van der Waals surface area contributed by atoms with E-state index in [-0.39, 0.29) is 12.6 Å². The number of likely N-dealkylation sites (N-methyl/N-ethyl adjacent to an activating group) is 1. The zero-order valence-electron chi connectivity index (χ0n) is 6.67. The van der Waals surface area contributed by atoms with Gasteiger partial charge in [0.05, 0.1) is 18.8 Å². The maximum atomic E-state index is 9.29. The third-order valence-electron chi connectivity index (χ3n) is 1.62. The van der Waals surface area contributed by atoms with Gasteiger partial charge < -0.3 is 15.5 Å². The van der Waals surface area contributed by atoms with Crippen molar-refractivity contribution in [1.29, 1.82) is 0 Å². The molecule has 0 radical (unpaired) electrons. The van der Waals surface area contributed by atoms with Crippen molar-refractivity contribution in [2.45, 2.75) is 31.9 Å². The Hall–Kier alpha value is -0.120. The van der Waals surface area contributed by atoms with Crippen LogP contribution in [0, 0.1) is 0 Å². The summed E-state index contributed by atoms with van der Waals surface area (Å²) in [4.78, 5) is 0. The van der Waals surface area contributed by atoms with Crippen molar-refractivity contribution in [1.82, 2.24) is 5.32 Å². The molecule has 0 saturated heterocycles. The Morgan fingerprint density at radius 2 is 2.10 bits per heavy atom. The molecule has 0 amide bonds. The number of aliphatic hydroxyl groups is 2. The van der Waals surface area contributed by atoms with E-state index in [9.17, 15) is 5.11 Å². The second-order valence-electron chi connectivity index (χ2n) is 2.43. The third kappa shape index (κ3) is 3.15. The smallest absolute Gasteiger partial charge is 0.0715 e. The van der Waals surface area contributed by atoms with Gasteiger partial charge in [-0.25, -0.2) is 0 Å². The molecule has 0 aliphatic rings. The first kappa shape index (κ1) is 9.88. The topological polar surface area (TPSA) is 52.5 Å². The van der Waals surface area contributed by atoms with Gasteiger partial charge in [0.1, 0.15) is 0 Å². The summed E-state index contributed by atoms with van der Waals surface area (Å²) in [6.45, 7) is 2.00. The van der Waals surface area contributed by atoms with Crippen molar-refractivity contribution in [2.24, 2.45) is 0 Å². The van der Waals surface area contributed by atoms with Crippen LogP contribution in [0.15, 0.2) is 0 Å². The molecule has 2 unspecified atom stereocenters. The van der Waals surface area contributed by atoms with E-state index in [1.165, 1.54) is 0 Å². The molecule has 0 rings (SSSR count). The molecule has 0 aliphatic carbocycles. The lowest BCUT2D eigenvalue weighted by atomic mass is 10.1. The number of nitrogens with one attached hydrogen (secondary N) is 1. The van der Waals surface area contributed by atoms with E-state index in [0.717, 1.165) is 12.8 Å². The summed E-state index contributed by atoms with van der Waals surface area (Å²) < 4.78 is 0. The maximum absolute atomic E-state index is 9.29. The molecule has 62 valence electrons. The molecule has 0 fully saturated rings. The highest BCUT2D eigenvalue weighted by atomic mass is 16.3. The summed E-state index contributed by atoms with van der Waals surface area (Å²) in [6, 6.07) is -0.167. The molecule has 0 bridgehead atoms. The van der Waals surface area contributed by atoms with E-state index < -0.39 is 6.10 Å². The van der Waals surface area contributed by atoms with Crippen molar-refractivity contribution in [2.75, 3.05) is 13.7 Å². The minimum Gasteiger partial charge on any atom is -0.395 e. The van der Waals surface area contributed by atoms with Crippen LogP contribution in [0.2, 0.25) is 0 Å². The second-order valence-corrected chi connectivity index (χ2v) is 2.43. The van der Waals surface area contributed by atoms with Gasteiger partial charge in [-0.1, -0.05) is 13.3 Å². The Labute approximate surface area is 62.1 Å². The highest BCUT2D eigenvalue weighted by Gasteiger charge is 2.14. The molecule has 0 aromatic carbocycles. The lowest BCUT2D eigenvalue weighted by molar-refractivity contribution is 0.0867. The van der Waals surface area contributed by atoms with Gasteiger partial charge in [-0.3, -0.25) is 0 Å². The Kier molecular flexibility index (Phi) is 5.58. The van der Waals surface area contributed by atoms with Crippen molar-refractivity contribution in [3.05, 3.63) is 0 Å². The fourth-order valence-corrected chi connectivity index (χ4v) is 0.902. The monoisotopic (exact) mass is 147 g/mol. The molecule has 0 saturated carbocycles. The minimum atomic E-state index is -0.417. The standard InChI is InChI=1S/C7H17NO2/c1-3-4-7(10)6(5-9)8-2/h6-10H,3-5H2,1-2H3. The Morgan fingerprint density at radius 1 is 1.50 bits per heavy atom.